The van der Waals surface area contributed by atoms with Crippen LogP contribution >= 0.6 is 0 Å². The molecule has 0 bridgehead atoms. The molecule has 0 amide bonds. The van der Waals surface area contributed by atoms with Gasteiger partial charge in [-0.3, -0.25) is 0 Å². The van der Waals surface area contributed by atoms with Crippen molar-refractivity contribution in [2.75, 3.05) is 0 Å². The number of aromatic carboxylic acids is 1. The van der Waals surface area contributed by atoms with Crippen LogP contribution in [0.15, 0.2) is 18.2 Å². The number of carbonyl (C=O) groups is 1. The summed E-state index contributed by atoms with van der Waals surface area (Å²) < 4.78 is 5.92. The number of aryl methyl sites for hydroxylation is 1. The van der Waals surface area contributed by atoms with Gasteiger partial charge in [-0.2, -0.15) is 0 Å². The third-order valence-corrected chi connectivity index (χ3v) is 3.29. The van der Waals surface area contributed by atoms with Crippen LogP contribution in [0.25, 0.3) is 0 Å². The van der Waals surface area contributed by atoms with Gasteiger partial charge in [-0.25, -0.2) is 4.79 Å². The van der Waals surface area contributed by atoms with Gasteiger partial charge >= 0.3 is 5.97 Å². The predicted octanol–water partition coefficient (Wildman–Crippen LogP) is 3.27. The van der Waals surface area contributed by atoms with Crippen LogP contribution in [-0.2, 0) is 6.42 Å². The van der Waals surface area contributed by atoms with Gasteiger partial charge in [-0.15, -0.1) is 0 Å². The van der Waals surface area contributed by atoms with E-state index in [2.05, 4.69) is 6.92 Å². The minimum atomic E-state index is -0.899. The lowest BCUT2D eigenvalue weighted by molar-refractivity contribution is 0.0696. The monoisotopic (exact) mass is 234 g/mol. The lowest BCUT2D eigenvalue weighted by atomic mass is 10.1. The van der Waals surface area contributed by atoms with Crippen molar-refractivity contribution in [3.05, 3.63) is 29.3 Å². The van der Waals surface area contributed by atoms with E-state index in [4.69, 9.17) is 9.84 Å². The molecule has 1 aliphatic carbocycles. The molecule has 0 radical (unpaired) electrons. The first-order valence-electron chi connectivity index (χ1n) is 6.23. The lowest BCUT2D eigenvalue weighted by Crippen LogP contribution is -2.12. The molecule has 0 spiro atoms. The van der Waals surface area contributed by atoms with Crippen LogP contribution in [0.1, 0.15) is 48.5 Å². The Kier molecular flexibility index (Phi) is 3.67. The first kappa shape index (κ1) is 12.0. The first-order chi connectivity index (χ1) is 8.20. The Morgan fingerprint density at radius 1 is 1.41 bits per heavy atom. The molecule has 92 valence electrons. The van der Waals surface area contributed by atoms with E-state index in [1.54, 1.807) is 12.1 Å². The van der Waals surface area contributed by atoms with Gasteiger partial charge < -0.3 is 9.84 Å². The zero-order chi connectivity index (χ0) is 12.3. The van der Waals surface area contributed by atoms with Gasteiger partial charge in [0.1, 0.15) is 5.75 Å². The smallest absolute Gasteiger partial charge is 0.335 e. The van der Waals surface area contributed by atoms with Crippen molar-refractivity contribution >= 4 is 5.97 Å². The topological polar surface area (TPSA) is 46.5 Å². The molecular weight excluding hydrogens is 216 g/mol. The Morgan fingerprint density at radius 3 is 2.71 bits per heavy atom. The van der Waals surface area contributed by atoms with Gasteiger partial charge in [0.2, 0.25) is 0 Å². The van der Waals surface area contributed by atoms with Gasteiger partial charge in [0.05, 0.1) is 11.7 Å². The van der Waals surface area contributed by atoms with Crippen molar-refractivity contribution in [2.45, 2.75) is 45.1 Å². The second-order valence-corrected chi connectivity index (χ2v) is 4.51. The van der Waals surface area contributed by atoms with Crippen molar-refractivity contribution in [3.8, 4) is 5.75 Å². The van der Waals surface area contributed by atoms with Crippen molar-refractivity contribution < 1.29 is 14.6 Å². The van der Waals surface area contributed by atoms with Crippen LogP contribution in [-0.4, -0.2) is 17.2 Å². The molecule has 0 unspecified atom stereocenters. The molecular formula is C14H18O3. The number of hydrogen-bond acceptors (Lipinski definition) is 2. The summed E-state index contributed by atoms with van der Waals surface area (Å²) in [5.41, 5.74) is 1.39. The third kappa shape index (κ3) is 2.78. The summed E-state index contributed by atoms with van der Waals surface area (Å²) in [4.78, 5) is 10.9. The average Bonchev–Trinajstić information content (AvgIpc) is 2.81. The van der Waals surface area contributed by atoms with E-state index in [9.17, 15) is 4.79 Å². The number of carboxylic acid groups (broad SMARTS) is 1. The highest BCUT2D eigenvalue weighted by atomic mass is 16.5. The van der Waals surface area contributed by atoms with E-state index < -0.39 is 5.97 Å². The zero-order valence-electron chi connectivity index (χ0n) is 10.1. The maximum Gasteiger partial charge on any atom is 0.335 e. The summed E-state index contributed by atoms with van der Waals surface area (Å²) in [7, 11) is 0. The third-order valence-electron chi connectivity index (χ3n) is 3.29. The Morgan fingerprint density at radius 2 is 2.12 bits per heavy atom. The summed E-state index contributed by atoms with van der Waals surface area (Å²) in [5.74, 6) is -0.150. The van der Waals surface area contributed by atoms with Crippen LogP contribution in [0.2, 0.25) is 0 Å². The van der Waals surface area contributed by atoms with Crippen LogP contribution in [0.4, 0.5) is 0 Å². The molecule has 2 rings (SSSR count). The molecule has 0 heterocycles. The molecule has 3 heteroatoms. The van der Waals surface area contributed by atoms with Gasteiger partial charge in [0, 0.05) is 0 Å². The van der Waals surface area contributed by atoms with Gasteiger partial charge in [0.25, 0.3) is 0 Å². The minimum absolute atomic E-state index is 0.268. The molecule has 0 aliphatic heterocycles. The van der Waals surface area contributed by atoms with Crippen molar-refractivity contribution in [3.63, 3.8) is 0 Å². The van der Waals surface area contributed by atoms with Crippen LogP contribution in [0.3, 0.4) is 0 Å². The van der Waals surface area contributed by atoms with E-state index in [1.807, 2.05) is 6.07 Å². The molecule has 1 N–H and O–H groups in total. The minimum Gasteiger partial charge on any atom is -0.490 e. The molecule has 1 fully saturated rings. The fourth-order valence-electron chi connectivity index (χ4n) is 2.28. The molecule has 0 aromatic heterocycles. The normalized spacial score (nSPS) is 16.1. The summed E-state index contributed by atoms with van der Waals surface area (Å²) in [6, 6.07) is 5.15. The van der Waals surface area contributed by atoms with E-state index in [0.717, 1.165) is 30.6 Å². The number of carboxylic acids is 1. The van der Waals surface area contributed by atoms with Gasteiger partial charge in [0.15, 0.2) is 0 Å². The summed E-state index contributed by atoms with van der Waals surface area (Å²) in [6.07, 6.45) is 5.72. The fourth-order valence-corrected chi connectivity index (χ4v) is 2.28. The molecule has 0 saturated heterocycles. The number of ether oxygens (including phenoxy) is 1. The highest BCUT2D eigenvalue weighted by Gasteiger charge is 2.18. The zero-order valence-corrected chi connectivity index (χ0v) is 10.1. The van der Waals surface area contributed by atoms with E-state index in [-0.39, 0.29) is 6.10 Å². The van der Waals surface area contributed by atoms with E-state index >= 15 is 0 Å². The quantitative estimate of drug-likeness (QED) is 0.869. The Hall–Kier alpha value is -1.51. The van der Waals surface area contributed by atoms with Crippen LogP contribution in [0.5, 0.6) is 5.75 Å². The van der Waals surface area contributed by atoms with Gasteiger partial charge in [-0.1, -0.05) is 13.0 Å². The average molecular weight is 234 g/mol. The molecule has 1 aromatic carbocycles. The Balaban J connectivity index is 2.21. The highest BCUT2D eigenvalue weighted by molar-refractivity contribution is 5.88. The number of benzene rings is 1. The molecule has 17 heavy (non-hydrogen) atoms. The maximum absolute atomic E-state index is 10.9. The van der Waals surface area contributed by atoms with Crippen molar-refractivity contribution in [1.82, 2.24) is 0 Å². The largest absolute Gasteiger partial charge is 0.490 e. The van der Waals surface area contributed by atoms with Crippen LogP contribution < -0.4 is 4.74 Å². The molecule has 1 saturated carbocycles. The summed E-state index contributed by atoms with van der Waals surface area (Å²) in [6.45, 7) is 2.05. The van der Waals surface area contributed by atoms with E-state index in [1.165, 1.54) is 12.8 Å². The maximum atomic E-state index is 10.9. The second-order valence-electron chi connectivity index (χ2n) is 4.51. The molecule has 0 atom stereocenters. The standard InChI is InChI=1S/C14H18O3/c1-2-10-7-8-11(14(15)16)9-13(10)17-12-5-3-4-6-12/h7-9,12H,2-6H2,1H3,(H,15,16). The summed E-state index contributed by atoms with van der Waals surface area (Å²) in [5, 5.41) is 8.98. The Bertz CT molecular complexity index is 406. The Labute approximate surface area is 101 Å². The molecule has 3 nitrogen and oxygen atoms in total. The highest BCUT2D eigenvalue weighted by Crippen LogP contribution is 2.28. The molecule has 1 aromatic rings. The lowest BCUT2D eigenvalue weighted by Gasteiger charge is -2.16. The SMILES string of the molecule is CCc1ccc(C(=O)O)cc1OC1CCCC1. The van der Waals surface area contributed by atoms with Crippen molar-refractivity contribution in [1.29, 1.82) is 0 Å². The fraction of sp³-hybridized carbons (Fsp3) is 0.500. The number of hydrogen-bond donors (Lipinski definition) is 1. The van der Waals surface area contributed by atoms with E-state index in [0.29, 0.717) is 5.56 Å². The molecule has 1 aliphatic rings. The van der Waals surface area contributed by atoms with Crippen LogP contribution in [0, 0.1) is 0 Å². The number of rotatable bonds is 4. The van der Waals surface area contributed by atoms with Gasteiger partial charge in [-0.05, 0) is 49.8 Å². The summed E-state index contributed by atoms with van der Waals surface area (Å²) >= 11 is 0. The van der Waals surface area contributed by atoms with Crippen molar-refractivity contribution in [2.24, 2.45) is 0 Å². The first-order valence-corrected chi connectivity index (χ1v) is 6.23. The second kappa shape index (κ2) is 5.21. The predicted molar refractivity (Wildman–Crippen MR) is 65.7 cm³/mol.